The molecule has 0 rings (SSSR count). The van der Waals surface area contributed by atoms with Crippen molar-refractivity contribution in [1.29, 1.82) is 0 Å². The second-order valence-electron chi connectivity index (χ2n) is 4.08. The van der Waals surface area contributed by atoms with Gasteiger partial charge in [0.05, 0.1) is 0 Å². The molecule has 0 heterocycles. The lowest BCUT2D eigenvalue weighted by Crippen LogP contribution is -2.45. The Morgan fingerprint density at radius 1 is 1.25 bits per heavy atom. The van der Waals surface area contributed by atoms with E-state index in [1.54, 1.807) is 0 Å². The first kappa shape index (κ1) is 11.9. The molecule has 1 N–H and O–H groups in total. The van der Waals surface area contributed by atoms with Crippen LogP contribution in [0.15, 0.2) is 0 Å². The SMILES string of the molecule is CCCC(C)(CC)NCN(C)C. The van der Waals surface area contributed by atoms with Crippen LogP contribution in [0.25, 0.3) is 0 Å². The maximum atomic E-state index is 3.57. The van der Waals surface area contributed by atoms with Gasteiger partial charge in [0.1, 0.15) is 0 Å². The van der Waals surface area contributed by atoms with Gasteiger partial charge in [-0.15, -0.1) is 0 Å². The van der Waals surface area contributed by atoms with Crippen molar-refractivity contribution in [2.75, 3.05) is 20.8 Å². The predicted molar refractivity (Wildman–Crippen MR) is 55.3 cm³/mol. The Morgan fingerprint density at radius 2 is 1.83 bits per heavy atom. The molecule has 0 spiro atoms. The minimum absolute atomic E-state index is 0.332. The molecule has 1 atom stereocenters. The lowest BCUT2D eigenvalue weighted by molar-refractivity contribution is 0.251. The van der Waals surface area contributed by atoms with Gasteiger partial charge >= 0.3 is 0 Å². The summed E-state index contributed by atoms with van der Waals surface area (Å²) in [6.07, 6.45) is 3.72. The van der Waals surface area contributed by atoms with Crippen molar-refractivity contribution in [3.63, 3.8) is 0 Å². The van der Waals surface area contributed by atoms with E-state index in [1.165, 1.54) is 19.3 Å². The predicted octanol–water partition coefficient (Wildman–Crippen LogP) is 2.06. The number of hydrogen-bond acceptors (Lipinski definition) is 2. The van der Waals surface area contributed by atoms with E-state index in [4.69, 9.17) is 0 Å². The smallest absolute Gasteiger partial charge is 0.0478 e. The van der Waals surface area contributed by atoms with Gasteiger partial charge in [0.15, 0.2) is 0 Å². The summed E-state index contributed by atoms with van der Waals surface area (Å²) in [5.74, 6) is 0. The van der Waals surface area contributed by atoms with Crippen LogP contribution in [0, 0.1) is 0 Å². The Balaban J connectivity index is 3.78. The fourth-order valence-electron chi connectivity index (χ4n) is 1.29. The lowest BCUT2D eigenvalue weighted by Gasteiger charge is -2.31. The first-order valence-electron chi connectivity index (χ1n) is 4.94. The molecule has 0 bridgehead atoms. The molecule has 0 aliphatic heterocycles. The van der Waals surface area contributed by atoms with Gasteiger partial charge in [0.25, 0.3) is 0 Å². The summed E-state index contributed by atoms with van der Waals surface area (Å²) in [7, 11) is 4.18. The van der Waals surface area contributed by atoms with Crippen LogP contribution in [0.4, 0.5) is 0 Å². The van der Waals surface area contributed by atoms with Gasteiger partial charge in [-0.3, -0.25) is 10.2 Å². The fourth-order valence-corrected chi connectivity index (χ4v) is 1.29. The normalized spacial score (nSPS) is 16.5. The second kappa shape index (κ2) is 5.55. The molecule has 0 aliphatic carbocycles. The Morgan fingerprint density at radius 3 is 2.17 bits per heavy atom. The van der Waals surface area contributed by atoms with Crippen LogP contribution in [0.2, 0.25) is 0 Å². The Bertz CT molecular complexity index is 112. The average molecular weight is 172 g/mol. The first-order chi connectivity index (χ1) is 5.54. The van der Waals surface area contributed by atoms with Gasteiger partial charge < -0.3 is 0 Å². The quantitative estimate of drug-likeness (QED) is 0.617. The molecule has 74 valence electrons. The number of rotatable bonds is 6. The highest BCUT2D eigenvalue weighted by Gasteiger charge is 2.19. The van der Waals surface area contributed by atoms with Gasteiger partial charge in [-0.1, -0.05) is 20.3 Å². The third kappa shape index (κ3) is 4.73. The van der Waals surface area contributed by atoms with E-state index in [0.29, 0.717) is 5.54 Å². The van der Waals surface area contributed by atoms with Crippen LogP contribution in [-0.2, 0) is 0 Å². The molecular formula is C10H24N2. The molecule has 0 saturated heterocycles. The summed E-state index contributed by atoms with van der Waals surface area (Å²) >= 11 is 0. The molecule has 0 aromatic heterocycles. The zero-order valence-corrected chi connectivity index (χ0v) is 9.28. The second-order valence-corrected chi connectivity index (χ2v) is 4.08. The van der Waals surface area contributed by atoms with Crippen molar-refractivity contribution in [1.82, 2.24) is 10.2 Å². The van der Waals surface area contributed by atoms with Gasteiger partial charge in [-0.25, -0.2) is 0 Å². The summed E-state index contributed by atoms with van der Waals surface area (Å²) in [5.41, 5.74) is 0.332. The van der Waals surface area contributed by atoms with Gasteiger partial charge in [-0.05, 0) is 33.9 Å². The maximum Gasteiger partial charge on any atom is 0.0478 e. The number of nitrogens with zero attached hydrogens (tertiary/aromatic N) is 1. The molecule has 1 unspecified atom stereocenters. The summed E-state index contributed by atoms with van der Waals surface area (Å²) in [6, 6.07) is 0. The molecule has 0 aromatic rings. The van der Waals surface area contributed by atoms with Crippen molar-refractivity contribution in [2.45, 2.75) is 45.6 Å². The Hall–Kier alpha value is -0.0800. The van der Waals surface area contributed by atoms with E-state index in [2.05, 4.69) is 45.1 Å². The zero-order valence-electron chi connectivity index (χ0n) is 9.28. The fraction of sp³-hybridized carbons (Fsp3) is 1.00. The van der Waals surface area contributed by atoms with Crippen molar-refractivity contribution in [3.05, 3.63) is 0 Å². The van der Waals surface area contributed by atoms with Crippen molar-refractivity contribution in [3.8, 4) is 0 Å². The topological polar surface area (TPSA) is 15.3 Å². The standard InChI is InChI=1S/C10H24N2/c1-6-8-10(3,7-2)11-9-12(4)5/h11H,6-9H2,1-5H3. The van der Waals surface area contributed by atoms with Crippen LogP contribution in [0.5, 0.6) is 0 Å². The number of nitrogens with one attached hydrogen (secondary N) is 1. The third-order valence-corrected chi connectivity index (χ3v) is 2.40. The molecule has 0 saturated carbocycles. The van der Waals surface area contributed by atoms with Gasteiger partial charge in [-0.2, -0.15) is 0 Å². The molecule has 0 aliphatic rings. The largest absolute Gasteiger partial charge is 0.299 e. The monoisotopic (exact) mass is 172 g/mol. The zero-order chi connectivity index (χ0) is 9.61. The van der Waals surface area contributed by atoms with Gasteiger partial charge in [0.2, 0.25) is 0 Å². The van der Waals surface area contributed by atoms with Crippen LogP contribution in [0.1, 0.15) is 40.0 Å². The van der Waals surface area contributed by atoms with Crippen molar-refractivity contribution >= 4 is 0 Å². The van der Waals surface area contributed by atoms with E-state index in [-0.39, 0.29) is 0 Å². The highest BCUT2D eigenvalue weighted by Crippen LogP contribution is 2.15. The lowest BCUT2D eigenvalue weighted by atomic mass is 9.93. The van der Waals surface area contributed by atoms with Crippen molar-refractivity contribution < 1.29 is 0 Å². The van der Waals surface area contributed by atoms with E-state index >= 15 is 0 Å². The highest BCUT2D eigenvalue weighted by atomic mass is 15.2. The molecule has 0 aromatic carbocycles. The van der Waals surface area contributed by atoms with Crippen molar-refractivity contribution in [2.24, 2.45) is 0 Å². The molecule has 0 amide bonds. The van der Waals surface area contributed by atoms with Gasteiger partial charge in [0, 0.05) is 12.2 Å². The summed E-state index contributed by atoms with van der Waals surface area (Å²) in [4.78, 5) is 2.17. The minimum Gasteiger partial charge on any atom is -0.299 e. The van der Waals surface area contributed by atoms with Crippen LogP contribution in [-0.4, -0.2) is 31.2 Å². The van der Waals surface area contributed by atoms with E-state index in [0.717, 1.165) is 6.67 Å². The van der Waals surface area contributed by atoms with Crippen LogP contribution >= 0.6 is 0 Å². The minimum atomic E-state index is 0.332. The molecule has 2 nitrogen and oxygen atoms in total. The summed E-state index contributed by atoms with van der Waals surface area (Å²) in [6.45, 7) is 7.77. The van der Waals surface area contributed by atoms with E-state index < -0.39 is 0 Å². The Kier molecular flexibility index (Phi) is 5.51. The van der Waals surface area contributed by atoms with Crippen LogP contribution in [0.3, 0.4) is 0 Å². The average Bonchev–Trinajstić information content (AvgIpc) is 2.02. The summed E-state index contributed by atoms with van der Waals surface area (Å²) < 4.78 is 0. The Labute approximate surface area is 77.3 Å². The van der Waals surface area contributed by atoms with Crippen LogP contribution < -0.4 is 5.32 Å². The molecular weight excluding hydrogens is 148 g/mol. The number of hydrogen-bond donors (Lipinski definition) is 1. The maximum absolute atomic E-state index is 3.57. The molecule has 0 radical (unpaired) electrons. The molecule has 12 heavy (non-hydrogen) atoms. The first-order valence-corrected chi connectivity index (χ1v) is 4.94. The van der Waals surface area contributed by atoms with E-state index in [1.807, 2.05) is 0 Å². The molecule has 2 heteroatoms. The highest BCUT2D eigenvalue weighted by molar-refractivity contribution is 4.80. The third-order valence-electron chi connectivity index (χ3n) is 2.40. The summed E-state index contributed by atoms with van der Waals surface area (Å²) in [5, 5.41) is 3.57. The molecule has 0 fully saturated rings. The van der Waals surface area contributed by atoms with E-state index in [9.17, 15) is 0 Å².